The van der Waals surface area contributed by atoms with Gasteiger partial charge >= 0.3 is 0 Å². The normalized spacial score (nSPS) is 14.3. The number of pyridine rings is 1. The maximum Gasteiger partial charge on any atom is 0.285 e. The highest BCUT2D eigenvalue weighted by atomic mass is 35.5. The third-order valence-corrected chi connectivity index (χ3v) is 4.65. The molecule has 1 aliphatic heterocycles. The highest BCUT2D eigenvalue weighted by Gasteiger charge is 2.31. The Bertz CT molecular complexity index is 952. The maximum absolute atomic E-state index is 12.2. The van der Waals surface area contributed by atoms with Gasteiger partial charge in [0.25, 0.3) is 10.0 Å². The average Bonchev–Trinajstić information content (AvgIpc) is 2.88. The van der Waals surface area contributed by atoms with Gasteiger partial charge in [-0.05, 0) is 18.2 Å². The van der Waals surface area contributed by atoms with Crippen molar-refractivity contribution in [2.45, 2.75) is 11.3 Å². The van der Waals surface area contributed by atoms with Crippen LogP contribution in [0.4, 0.5) is 0 Å². The van der Waals surface area contributed by atoms with Gasteiger partial charge in [-0.25, -0.2) is 5.01 Å². The fourth-order valence-electron chi connectivity index (χ4n) is 2.24. The summed E-state index contributed by atoms with van der Waals surface area (Å²) in [5.41, 5.74) is 1.24. The number of halogens is 1. The molecule has 0 radical (unpaired) electrons. The zero-order chi connectivity index (χ0) is 17.0. The number of sulfonamides is 1. The Morgan fingerprint density at radius 2 is 2.04 bits per heavy atom. The van der Waals surface area contributed by atoms with Crippen LogP contribution < -0.4 is 0 Å². The van der Waals surface area contributed by atoms with Gasteiger partial charge in [0.2, 0.25) is 0 Å². The van der Waals surface area contributed by atoms with Gasteiger partial charge < -0.3 is 0 Å². The van der Waals surface area contributed by atoms with Crippen molar-refractivity contribution in [2.24, 2.45) is 9.50 Å². The Morgan fingerprint density at radius 1 is 1.24 bits per heavy atom. The van der Waals surface area contributed by atoms with E-state index in [0.29, 0.717) is 5.56 Å². The van der Waals surface area contributed by atoms with Gasteiger partial charge in [-0.1, -0.05) is 18.2 Å². The zero-order valence-corrected chi connectivity index (χ0v) is 14.6. The molecule has 25 heavy (non-hydrogen) atoms. The van der Waals surface area contributed by atoms with Crippen LogP contribution in [0.3, 0.4) is 0 Å². The number of nitrogens with zero attached hydrogens (tertiary/aromatic N) is 5. The summed E-state index contributed by atoms with van der Waals surface area (Å²) < 4.78 is 28.2. The minimum absolute atomic E-state index is 0. The first kappa shape index (κ1) is 18.6. The molecule has 3 rings (SSSR count). The quantitative estimate of drug-likeness (QED) is 0.602. The van der Waals surface area contributed by atoms with Crippen LogP contribution in [-0.2, 0) is 10.0 Å². The molecule has 0 unspecified atom stereocenters. The number of rotatable bonds is 4. The van der Waals surface area contributed by atoms with Crippen LogP contribution in [-0.4, -0.2) is 37.0 Å². The molecule has 2 aromatic rings. The number of aromatic nitrogens is 1. The van der Waals surface area contributed by atoms with Gasteiger partial charge in [0, 0.05) is 23.5 Å². The van der Waals surface area contributed by atoms with E-state index in [1.54, 1.807) is 42.9 Å². The van der Waals surface area contributed by atoms with Gasteiger partial charge in [0.1, 0.15) is 4.90 Å². The van der Waals surface area contributed by atoms with Crippen molar-refractivity contribution < 1.29 is 8.42 Å². The summed E-state index contributed by atoms with van der Waals surface area (Å²) in [6, 6.07) is 12.2. The highest BCUT2D eigenvalue weighted by Crippen LogP contribution is 2.27. The van der Waals surface area contributed by atoms with Gasteiger partial charge in [-0.3, -0.25) is 4.98 Å². The van der Waals surface area contributed by atoms with Gasteiger partial charge in [0.05, 0.1) is 25.2 Å². The number of nitriles is 1. The molecule has 2 heterocycles. The number of hydrogen-bond acceptors (Lipinski definition) is 6. The van der Waals surface area contributed by atoms with Crippen molar-refractivity contribution in [2.75, 3.05) is 6.54 Å². The third kappa shape index (κ3) is 4.02. The van der Waals surface area contributed by atoms with Crippen molar-refractivity contribution in [3.05, 3.63) is 59.9 Å². The van der Waals surface area contributed by atoms with Crippen molar-refractivity contribution in [1.82, 2.24) is 9.99 Å². The zero-order valence-electron chi connectivity index (χ0n) is 13.0. The Balaban J connectivity index is 0.00000225. The molecule has 7 nitrogen and oxygen atoms in total. The van der Waals surface area contributed by atoms with E-state index in [4.69, 9.17) is 5.26 Å². The summed E-state index contributed by atoms with van der Waals surface area (Å²) in [5.74, 6) is 0.223. The Labute approximate surface area is 151 Å². The van der Waals surface area contributed by atoms with Crippen LogP contribution in [0.1, 0.15) is 17.5 Å². The first-order valence-corrected chi connectivity index (χ1v) is 8.59. The Kier molecular flexibility index (Phi) is 5.85. The van der Waals surface area contributed by atoms with E-state index in [9.17, 15) is 8.42 Å². The summed E-state index contributed by atoms with van der Waals surface area (Å²) in [7, 11) is -3.73. The van der Waals surface area contributed by atoms with Gasteiger partial charge in [0.15, 0.2) is 5.84 Å². The van der Waals surface area contributed by atoms with Crippen LogP contribution in [0.5, 0.6) is 0 Å². The first-order chi connectivity index (χ1) is 11.6. The van der Waals surface area contributed by atoms with E-state index in [0.717, 1.165) is 5.56 Å². The Hall–Kier alpha value is -2.76. The van der Waals surface area contributed by atoms with E-state index < -0.39 is 10.0 Å². The molecule has 9 heteroatoms. The molecule has 0 saturated heterocycles. The largest absolute Gasteiger partial charge is 0.285 e. The lowest BCUT2D eigenvalue weighted by molar-refractivity contribution is 0.459. The lowest BCUT2D eigenvalue weighted by atomic mass is 10.2. The second kappa shape index (κ2) is 7.88. The monoisotopic (exact) mass is 375 g/mol. The number of fused-ring (bicyclic) bond motifs is 1. The molecule has 0 spiro atoms. The molecule has 128 valence electrons. The minimum atomic E-state index is -3.73. The smallest absolute Gasteiger partial charge is 0.264 e. The van der Waals surface area contributed by atoms with Crippen LogP contribution in [0, 0.1) is 11.3 Å². The molecule has 1 aromatic heterocycles. The highest BCUT2D eigenvalue weighted by molar-refractivity contribution is 7.90. The van der Waals surface area contributed by atoms with E-state index in [1.165, 1.54) is 11.1 Å². The van der Waals surface area contributed by atoms with Crippen molar-refractivity contribution >= 4 is 34.5 Å². The molecule has 0 N–H and O–H groups in total. The molecule has 0 saturated carbocycles. The predicted octanol–water partition coefficient (Wildman–Crippen LogP) is 2.20. The van der Waals surface area contributed by atoms with E-state index in [2.05, 4.69) is 14.5 Å². The van der Waals surface area contributed by atoms with E-state index in [-0.39, 0.29) is 36.1 Å². The predicted molar refractivity (Wildman–Crippen MR) is 96.2 cm³/mol. The number of hydrogen-bond donors (Lipinski definition) is 0. The van der Waals surface area contributed by atoms with E-state index in [1.807, 2.05) is 12.1 Å². The lowest BCUT2D eigenvalue weighted by Gasteiger charge is -2.17. The van der Waals surface area contributed by atoms with Crippen molar-refractivity contribution in [3.8, 4) is 6.07 Å². The average molecular weight is 376 g/mol. The molecule has 0 amide bonds. The van der Waals surface area contributed by atoms with Crippen LogP contribution in [0.25, 0.3) is 0 Å². The molecule has 0 aliphatic carbocycles. The van der Waals surface area contributed by atoms with Crippen LogP contribution >= 0.6 is 12.4 Å². The standard InChI is InChI=1S/C16H13N5O2S.ClH/c17-8-4-10-21(19-12-13-5-3-9-18-11-13)16-14-6-1-2-7-15(14)24(22,23)20-16;/h1-3,5-7,9,11-12H,4,10H2;1H/b19-12+;. The van der Waals surface area contributed by atoms with Crippen molar-refractivity contribution in [3.63, 3.8) is 0 Å². The molecule has 0 bridgehead atoms. The summed E-state index contributed by atoms with van der Waals surface area (Å²) in [4.78, 5) is 4.14. The van der Waals surface area contributed by atoms with Crippen LogP contribution in [0.2, 0.25) is 0 Å². The fraction of sp³-hybridized carbons (Fsp3) is 0.125. The second-order valence-corrected chi connectivity index (χ2v) is 6.52. The minimum Gasteiger partial charge on any atom is -0.264 e. The lowest BCUT2D eigenvalue weighted by Crippen LogP contribution is -2.27. The second-order valence-electron chi connectivity index (χ2n) is 4.95. The molecule has 1 aromatic carbocycles. The molecule has 0 fully saturated rings. The fourth-order valence-corrected chi connectivity index (χ4v) is 3.44. The molecule has 1 aliphatic rings. The molecule has 0 atom stereocenters. The maximum atomic E-state index is 12.2. The Morgan fingerprint density at radius 3 is 2.76 bits per heavy atom. The summed E-state index contributed by atoms with van der Waals surface area (Å²) in [6.45, 7) is 0.232. The van der Waals surface area contributed by atoms with Crippen molar-refractivity contribution in [1.29, 1.82) is 5.26 Å². The van der Waals surface area contributed by atoms with Gasteiger partial charge in [-0.2, -0.15) is 18.8 Å². The first-order valence-electron chi connectivity index (χ1n) is 7.15. The summed E-state index contributed by atoms with van der Waals surface area (Å²) in [6.07, 6.45) is 5.02. The number of benzene rings is 1. The topological polar surface area (TPSA) is 98.8 Å². The summed E-state index contributed by atoms with van der Waals surface area (Å²) >= 11 is 0. The summed E-state index contributed by atoms with van der Waals surface area (Å²) in [5, 5.41) is 14.6. The van der Waals surface area contributed by atoms with E-state index >= 15 is 0 Å². The number of hydrazone groups is 1. The third-order valence-electron chi connectivity index (χ3n) is 3.32. The SMILES string of the molecule is Cl.N#CCCN(/N=C/c1cccnc1)C1=NS(=O)(=O)c2ccccc21. The molecular formula is C16H14ClN5O2S. The van der Waals surface area contributed by atoms with Gasteiger partial charge in [-0.15, -0.1) is 16.8 Å². The number of amidine groups is 1. The van der Waals surface area contributed by atoms with Crippen LogP contribution in [0.15, 0.2) is 63.2 Å². The molecular weight excluding hydrogens is 362 g/mol.